The van der Waals surface area contributed by atoms with E-state index in [0.717, 1.165) is 15.7 Å². The summed E-state index contributed by atoms with van der Waals surface area (Å²) in [5.74, 6) is 0. The highest BCUT2D eigenvalue weighted by Crippen LogP contribution is 2.01. The Morgan fingerprint density at radius 1 is 1.55 bits per heavy atom. The van der Waals surface area contributed by atoms with Crippen LogP contribution < -0.4 is 11.3 Å². The molecule has 0 unspecified atom stereocenters. The summed E-state index contributed by atoms with van der Waals surface area (Å²) in [5, 5.41) is 0. The summed E-state index contributed by atoms with van der Waals surface area (Å²) in [5.41, 5.74) is 6.19. The molecule has 0 amide bonds. The lowest BCUT2D eigenvalue weighted by Gasteiger charge is -1.97. The Labute approximate surface area is 78.1 Å². The molecule has 0 aliphatic heterocycles. The van der Waals surface area contributed by atoms with Gasteiger partial charge in [0.2, 0.25) is 5.56 Å². The van der Waals surface area contributed by atoms with Gasteiger partial charge in [0, 0.05) is 15.3 Å². The molecule has 0 bridgehead atoms. The molecule has 1 aromatic heterocycles. The van der Waals surface area contributed by atoms with Crippen LogP contribution in [0.3, 0.4) is 0 Å². The number of aromatic amines is 1. The summed E-state index contributed by atoms with van der Waals surface area (Å²) < 4.78 is 0.954. The van der Waals surface area contributed by atoms with Gasteiger partial charge in [0.25, 0.3) is 0 Å². The van der Waals surface area contributed by atoms with Gasteiger partial charge in [0.05, 0.1) is 0 Å². The number of halogens is 1. The van der Waals surface area contributed by atoms with Gasteiger partial charge in [-0.1, -0.05) is 0 Å². The minimum atomic E-state index is -0.0552. The Morgan fingerprint density at radius 3 is 2.82 bits per heavy atom. The molecule has 4 heteroatoms. The van der Waals surface area contributed by atoms with Crippen LogP contribution >= 0.6 is 22.6 Å². The minimum absolute atomic E-state index is 0.0552. The molecule has 3 nitrogen and oxygen atoms in total. The zero-order valence-electron chi connectivity index (χ0n) is 5.93. The van der Waals surface area contributed by atoms with Crippen molar-refractivity contribution in [1.82, 2.24) is 4.98 Å². The van der Waals surface area contributed by atoms with E-state index in [4.69, 9.17) is 5.73 Å². The topological polar surface area (TPSA) is 58.9 Å². The fraction of sp³-hybridized carbons (Fsp3) is 0.286. The van der Waals surface area contributed by atoms with Crippen molar-refractivity contribution in [2.45, 2.75) is 6.42 Å². The number of nitrogens with one attached hydrogen (secondary N) is 1. The van der Waals surface area contributed by atoms with Crippen molar-refractivity contribution in [2.24, 2.45) is 5.73 Å². The van der Waals surface area contributed by atoms with Gasteiger partial charge in [0.15, 0.2) is 0 Å². The Balaban J connectivity index is 2.99. The molecule has 0 aliphatic carbocycles. The summed E-state index contributed by atoms with van der Waals surface area (Å²) >= 11 is 2.11. The van der Waals surface area contributed by atoms with Crippen LogP contribution in [0.2, 0.25) is 0 Å². The normalized spacial score (nSPS) is 10.0. The third-order valence-corrected chi connectivity index (χ3v) is 1.90. The van der Waals surface area contributed by atoms with E-state index in [0.29, 0.717) is 6.54 Å². The molecule has 0 saturated heterocycles. The van der Waals surface area contributed by atoms with Gasteiger partial charge < -0.3 is 10.7 Å². The van der Waals surface area contributed by atoms with Gasteiger partial charge in [-0.25, -0.2) is 0 Å². The van der Waals surface area contributed by atoms with Crippen molar-refractivity contribution in [3.8, 4) is 0 Å². The van der Waals surface area contributed by atoms with Crippen LogP contribution in [-0.2, 0) is 6.42 Å². The zero-order chi connectivity index (χ0) is 8.27. The standard InChI is InChI=1S/C7H9IN2O/c8-5-3-6(1-2-9)10-7(11)4-5/h3-4H,1-2,9H2,(H,10,11). The lowest BCUT2D eigenvalue weighted by atomic mass is 10.3. The fourth-order valence-corrected chi connectivity index (χ4v) is 1.51. The molecular weight excluding hydrogens is 255 g/mol. The number of nitrogens with two attached hydrogens (primary N) is 1. The van der Waals surface area contributed by atoms with Crippen LogP contribution in [0.1, 0.15) is 5.69 Å². The second-order valence-electron chi connectivity index (χ2n) is 2.23. The van der Waals surface area contributed by atoms with Gasteiger partial charge in [-0.2, -0.15) is 0 Å². The van der Waals surface area contributed by atoms with Crippen molar-refractivity contribution in [2.75, 3.05) is 6.54 Å². The zero-order valence-corrected chi connectivity index (χ0v) is 8.09. The molecule has 3 N–H and O–H groups in total. The molecule has 0 atom stereocenters. The van der Waals surface area contributed by atoms with Crippen molar-refractivity contribution >= 4 is 22.6 Å². The first-order chi connectivity index (χ1) is 5.22. The maximum Gasteiger partial charge on any atom is 0.249 e. The number of hydrogen-bond acceptors (Lipinski definition) is 2. The lowest BCUT2D eigenvalue weighted by molar-refractivity contribution is 0.911. The molecular formula is C7H9IN2O. The van der Waals surface area contributed by atoms with E-state index in [1.54, 1.807) is 6.07 Å². The van der Waals surface area contributed by atoms with Gasteiger partial charge in [-0.15, -0.1) is 0 Å². The van der Waals surface area contributed by atoms with Crippen LogP contribution in [0, 0.1) is 3.57 Å². The summed E-state index contributed by atoms with van der Waals surface area (Å²) in [6.45, 7) is 0.566. The van der Waals surface area contributed by atoms with Crippen molar-refractivity contribution in [3.63, 3.8) is 0 Å². The van der Waals surface area contributed by atoms with Crippen molar-refractivity contribution in [3.05, 3.63) is 31.8 Å². The monoisotopic (exact) mass is 264 g/mol. The van der Waals surface area contributed by atoms with Crippen LogP contribution in [0.4, 0.5) is 0 Å². The van der Waals surface area contributed by atoms with E-state index >= 15 is 0 Å². The first-order valence-electron chi connectivity index (χ1n) is 3.31. The van der Waals surface area contributed by atoms with E-state index in [1.165, 1.54) is 0 Å². The smallest absolute Gasteiger partial charge is 0.249 e. The van der Waals surface area contributed by atoms with Crippen molar-refractivity contribution < 1.29 is 0 Å². The minimum Gasteiger partial charge on any atom is -0.330 e. The molecule has 0 radical (unpaired) electrons. The number of rotatable bonds is 2. The average Bonchev–Trinajstić information content (AvgIpc) is 1.85. The summed E-state index contributed by atoms with van der Waals surface area (Å²) in [4.78, 5) is 13.6. The van der Waals surface area contributed by atoms with E-state index in [-0.39, 0.29) is 5.56 Å². The molecule has 0 saturated carbocycles. The molecule has 0 aromatic carbocycles. The Morgan fingerprint density at radius 2 is 2.27 bits per heavy atom. The number of H-pyrrole nitrogens is 1. The van der Waals surface area contributed by atoms with E-state index in [9.17, 15) is 4.79 Å². The predicted molar refractivity (Wildman–Crippen MR) is 52.5 cm³/mol. The van der Waals surface area contributed by atoms with Crippen LogP contribution in [0.5, 0.6) is 0 Å². The average molecular weight is 264 g/mol. The van der Waals surface area contributed by atoms with Crippen LogP contribution in [0.25, 0.3) is 0 Å². The lowest BCUT2D eigenvalue weighted by Crippen LogP contribution is -2.11. The summed E-state index contributed by atoms with van der Waals surface area (Å²) in [6.07, 6.45) is 0.728. The van der Waals surface area contributed by atoms with Gasteiger partial charge in [0.1, 0.15) is 0 Å². The Bertz CT molecular complexity index is 295. The third-order valence-electron chi connectivity index (χ3n) is 1.28. The maximum absolute atomic E-state index is 10.9. The molecule has 1 heterocycles. The number of pyridine rings is 1. The Kier molecular flexibility index (Phi) is 3.07. The van der Waals surface area contributed by atoms with E-state index < -0.39 is 0 Å². The molecule has 60 valence electrons. The van der Waals surface area contributed by atoms with Crippen LogP contribution in [-0.4, -0.2) is 11.5 Å². The first kappa shape index (κ1) is 8.73. The van der Waals surface area contributed by atoms with Gasteiger partial charge in [-0.3, -0.25) is 4.79 Å². The van der Waals surface area contributed by atoms with E-state index in [2.05, 4.69) is 27.6 Å². The van der Waals surface area contributed by atoms with Gasteiger partial charge in [-0.05, 0) is 41.6 Å². The number of hydrogen-bond donors (Lipinski definition) is 2. The number of aromatic nitrogens is 1. The highest BCUT2D eigenvalue weighted by molar-refractivity contribution is 14.1. The largest absolute Gasteiger partial charge is 0.330 e. The Hall–Kier alpha value is -0.360. The molecule has 1 rings (SSSR count). The first-order valence-corrected chi connectivity index (χ1v) is 4.39. The molecule has 0 fully saturated rings. The second-order valence-corrected chi connectivity index (χ2v) is 3.47. The van der Waals surface area contributed by atoms with Crippen molar-refractivity contribution in [1.29, 1.82) is 0 Å². The van der Waals surface area contributed by atoms with Crippen LogP contribution in [0.15, 0.2) is 16.9 Å². The maximum atomic E-state index is 10.9. The molecule has 1 aromatic rings. The van der Waals surface area contributed by atoms with Gasteiger partial charge >= 0.3 is 0 Å². The fourth-order valence-electron chi connectivity index (χ4n) is 0.854. The highest BCUT2D eigenvalue weighted by Gasteiger charge is 1.94. The quantitative estimate of drug-likeness (QED) is 0.763. The molecule has 0 aliphatic rings. The second kappa shape index (κ2) is 3.87. The molecule has 0 spiro atoms. The van der Waals surface area contributed by atoms with E-state index in [1.807, 2.05) is 6.07 Å². The predicted octanol–water partition coefficient (Wildman–Crippen LogP) is 0.481. The third kappa shape index (κ3) is 2.63. The summed E-state index contributed by atoms with van der Waals surface area (Å²) in [7, 11) is 0. The summed E-state index contributed by atoms with van der Waals surface area (Å²) in [6, 6.07) is 3.48. The molecule has 11 heavy (non-hydrogen) atoms. The SMILES string of the molecule is NCCc1cc(I)cc(=O)[nH]1. The highest BCUT2D eigenvalue weighted by atomic mass is 127.